The number of aromatic nitrogens is 3. The number of hydrogen-bond donors (Lipinski definition) is 0. The molecule has 164 valence electrons. The lowest BCUT2D eigenvalue weighted by atomic mass is 10.1. The lowest BCUT2D eigenvalue weighted by Crippen LogP contribution is -2.54. The van der Waals surface area contributed by atoms with E-state index in [0.717, 1.165) is 55.0 Å². The highest BCUT2D eigenvalue weighted by Gasteiger charge is 2.36. The van der Waals surface area contributed by atoms with Crippen molar-refractivity contribution in [3.63, 3.8) is 0 Å². The lowest BCUT2D eigenvalue weighted by molar-refractivity contribution is 0.0490. The molecule has 0 unspecified atom stereocenters. The van der Waals surface area contributed by atoms with Gasteiger partial charge in [0.2, 0.25) is 0 Å². The number of fused-ring (bicyclic) bond motifs is 1. The summed E-state index contributed by atoms with van der Waals surface area (Å²) in [6.45, 7) is 5.77. The van der Waals surface area contributed by atoms with Gasteiger partial charge in [-0.25, -0.2) is 23.5 Å². The van der Waals surface area contributed by atoms with E-state index in [-0.39, 0.29) is 17.8 Å². The Labute approximate surface area is 178 Å². The maximum absolute atomic E-state index is 12.9. The molecular formula is C21H24F2N6O2. The molecule has 2 aromatic heterocycles. The van der Waals surface area contributed by atoms with Crippen molar-refractivity contribution in [1.82, 2.24) is 19.9 Å². The van der Waals surface area contributed by atoms with Gasteiger partial charge in [-0.3, -0.25) is 9.88 Å². The largest absolute Gasteiger partial charge is 0.442 e. The first kappa shape index (κ1) is 19.9. The first-order chi connectivity index (χ1) is 15.0. The fourth-order valence-electron chi connectivity index (χ4n) is 4.04. The highest BCUT2D eigenvalue weighted by Crippen LogP contribution is 2.33. The van der Waals surface area contributed by atoms with Gasteiger partial charge in [0.05, 0.1) is 43.8 Å². The van der Waals surface area contributed by atoms with E-state index in [0.29, 0.717) is 31.9 Å². The monoisotopic (exact) mass is 430 g/mol. The Bertz CT molecular complexity index is 994. The molecule has 2 saturated heterocycles. The van der Waals surface area contributed by atoms with Gasteiger partial charge in [0.25, 0.3) is 6.43 Å². The molecule has 0 saturated carbocycles. The summed E-state index contributed by atoms with van der Waals surface area (Å²) in [6, 6.07) is 1.42. The summed E-state index contributed by atoms with van der Waals surface area (Å²) in [5, 5.41) is 0. The smallest absolute Gasteiger partial charge is 0.410 e. The molecule has 3 aliphatic heterocycles. The second-order valence-electron chi connectivity index (χ2n) is 8.13. The number of carbonyl (C=O) groups is 1. The molecule has 0 aromatic carbocycles. The molecule has 5 heterocycles. The zero-order valence-corrected chi connectivity index (χ0v) is 17.3. The number of aryl methyl sites for hydroxylation is 1. The summed E-state index contributed by atoms with van der Waals surface area (Å²) >= 11 is 0. The van der Waals surface area contributed by atoms with Gasteiger partial charge in [0.1, 0.15) is 17.7 Å². The van der Waals surface area contributed by atoms with Crippen LogP contribution in [0.5, 0.6) is 0 Å². The average Bonchev–Trinajstić information content (AvgIpc) is 3.13. The van der Waals surface area contributed by atoms with Crippen LogP contribution in [0, 0.1) is 0 Å². The van der Waals surface area contributed by atoms with Crippen molar-refractivity contribution in [3.8, 4) is 0 Å². The lowest BCUT2D eigenvalue weighted by Gasteiger charge is -2.40. The van der Waals surface area contributed by atoms with Gasteiger partial charge >= 0.3 is 6.09 Å². The fraction of sp³-hybridized carbons (Fsp3) is 0.524. The van der Waals surface area contributed by atoms with Crippen molar-refractivity contribution in [2.45, 2.75) is 45.4 Å². The molecule has 2 fully saturated rings. The van der Waals surface area contributed by atoms with Gasteiger partial charge in [-0.15, -0.1) is 0 Å². The molecule has 0 N–H and O–H groups in total. The standard InChI is InChI=1S/C21H24F2N6O2/c1-2-18-25-17-12-29(11-16(17)20(26-18)27-4-3-5-27)21(30)31-15-9-28(10-15)14-6-13(19(22)23)7-24-8-14/h6-8,15,19H,2-5,9-12H2,1H3. The van der Waals surface area contributed by atoms with E-state index < -0.39 is 6.43 Å². The summed E-state index contributed by atoms with van der Waals surface area (Å²) < 4.78 is 31.4. The van der Waals surface area contributed by atoms with Gasteiger partial charge in [0.15, 0.2) is 0 Å². The van der Waals surface area contributed by atoms with Crippen molar-refractivity contribution >= 4 is 17.6 Å². The summed E-state index contributed by atoms with van der Waals surface area (Å²) in [7, 11) is 0. The number of halogens is 2. The molecule has 0 atom stereocenters. The number of amides is 1. The molecule has 5 rings (SSSR count). The van der Waals surface area contributed by atoms with Gasteiger partial charge in [-0.1, -0.05) is 6.92 Å². The van der Waals surface area contributed by atoms with Crippen LogP contribution in [-0.2, 0) is 24.2 Å². The van der Waals surface area contributed by atoms with E-state index >= 15 is 0 Å². The van der Waals surface area contributed by atoms with Crippen LogP contribution >= 0.6 is 0 Å². The average molecular weight is 430 g/mol. The summed E-state index contributed by atoms with van der Waals surface area (Å²) in [4.78, 5) is 31.7. The molecule has 1 amide bonds. The number of alkyl halides is 2. The minimum Gasteiger partial charge on any atom is -0.442 e. The molecule has 8 nitrogen and oxygen atoms in total. The number of ether oxygens (including phenoxy) is 1. The number of anilines is 2. The van der Waals surface area contributed by atoms with Crippen molar-refractivity contribution in [1.29, 1.82) is 0 Å². The number of hydrogen-bond acceptors (Lipinski definition) is 7. The van der Waals surface area contributed by atoms with Gasteiger partial charge in [-0.05, 0) is 12.5 Å². The molecular weight excluding hydrogens is 406 g/mol. The highest BCUT2D eigenvalue weighted by atomic mass is 19.3. The first-order valence-electron chi connectivity index (χ1n) is 10.6. The predicted molar refractivity (Wildman–Crippen MR) is 109 cm³/mol. The maximum Gasteiger partial charge on any atom is 0.410 e. The predicted octanol–water partition coefficient (Wildman–Crippen LogP) is 2.92. The third-order valence-electron chi connectivity index (χ3n) is 6.01. The first-order valence-corrected chi connectivity index (χ1v) is 10.6. The Morgan fingerprint density at radius 3 is 2.68 bits per heavy atom. The Hall–Kier alpha value is -3.04. The SMILES string of the molecule is CCc1nc2c(c(N3CCC3)n1)CN(C(=O)OC1CN(c3cncc(C(F)F)c3)C1)C2. The quantitative estimate of drug-likeness (QED) is 0.722. The number of rotatable bonds is 5. The zero-order valence-electron chi connectivity index (χ0n) is 17.3. The van der Waals surface area contributed by atoms with E-state index in [1.807, 2.05) is 11.8 Å². The molecule has 0 spiro atoms. The molecule has 0 radical (unpaired) electrons. The number of carbonyl (C=O) groups excluding carboxylic acids is 1. The Kier molecular flexibility index (Phi) is 5.07. The number of pyridine rings is 1. The molecule has 10 heteroatoms. The highest BCUT2D eigenvalue weighted by molar-refractivity contribution is 5.70. The molecule has 31 heavy (non-hydrogen) atoms. The van der Waals surface area contributed by atoms with Crippen LogP contribution in [0.1, 0.15) is 42.4 Å². The van der Waals surface area contributed by atoms with Crippen molar-refractivity contribution in [2.24, 2.45) is 0 Å². The molecule has 0 aliphatic carbocycles. The van der Waals surface area contributed by atoms with E-state index in [1.165, 1.54) is 6.07 Å². The normalized spacial score (nSPS) is 18.1. The van der Waals surface area contributed by atoms with Gasteiger partial charge in [-0.2, -0.15) is 0 Å². The van der Waals surface area contributed by atoms with Crippen LogP contribution in [0.2, 0.25) is 0 Å². The van der Waals surface area contributed by atoms with E-state index in [2.05, 4.69) is 14.9 Å². The molecule has 2 aromatic rings. The van der Waals surface area contributed by atoms with Gasteiger partial charge < -0.3 is 14.5 Å². The van der Waals surface area contributed by atoms with E-state index in [9.17, 15) is 13.6 Å². The van der Waals surface area contributed by atoms with Gasteiger partial charge in [0, 0.05) is 36.8 Å². The summed E-state index contributed by atoms with van der Waals surface area (Å²) in [5.41, 5.74) is 2.41. The van der Waals surface area contributed by atoms with E-state index in [4.69, 9.17) is 9.72 Å². The van der Waals surface area contributed by atoms with Crippen molar-refractivity contribution in [3.05, 3.63) is 41.1 Å². The summed E-state index contributed by atoms with van der Waals surface area (Å²) in [5.74, 6) is 1.75. The van der Waals surface area contributed by atoms with Crippen LogP contribution in [0.25, 0.3) is 0 Å². The van der Waals surface area contributed by atoms with Crippen LogP contribution in [0.4, 0.5) is 25.1 Å². The third kappa shape index (κ3) is 3.75. The van der Waals surface area contributed by atoms with E-state index in [1.54, 1.807) is 11.1 Å². The molecule has 3 aliphatic rings. The minimum absolute atomic E-state index is 0.113. The zero-order chi connectivity index (χ0) is 21.5. The Morgan fingerprint density at radius 2 is 2.00 bits per heavy atom. The summed E-state index contributed by atoms with van der Waals surface area (Å²) in [6.07, 6.45) is 1.39. The van der Waals surface area contributed by atoms with Crippen LogP contribution < -0.4 is 9.80 Å². The molecule has 0 bridgehead atoms. The van der Waals surface area contributed by atoms with Crippen LogP contribution in [0.15, 0.2) is 18.5 Å². The topological polar surface area (TPSA) is 74.7 Å². The second kappa shape index (κ2) is 7.90. The van der Waals surface area contributed by atoms with Crippen molar-refractivity contribution in [2.75, 3.05) is 36.0 Å². The fourth-order valence-corrected chi connectivity index (χ4v) is 4.04. The Morgan fingerprint density at radius 1 is 1.19 bits per heavy atom. The Balaban J connectivity index is 1.20. The maximum atomic E-state index is 12.9. The minimum atomic E-state index is -2.56. The number of nitrogens with zero attached hydrogens (tertiary/aromatic N) is 6. The third-order valence-corrected chi connectivity index (χ3v) is 6.01. The van der Waals surface area contributed by atoms with Crippen molar-refractivity contribution < 1.29 is 18.3 Å². The van der Waals surface area contributed by atoms with Crippen LogP contribution in [-0.4, -0.2) is 58.2 Å². The van der Waals surface area contributed by atoms with Crippen LogP contribution in [0.3, 0.4) is 0 Å². The second-order valence-corrected chi connectivity index (χ2v) is 8.13.